The highest BCUT2D eigenvalue weighted by molar-refractivity contribution is 7.91. The summed E-state index contributed by atoms with van der Waals surface area (Å²) in [5.74, 6) is -1.14. The Hall–Kier alpha value is -2.54. The summed E-state index contributed by atoms with van der Waals surface area (Å²) in [5, 5.41) is 9.88. The lowest BCUT2D eigenvalue weighted by Gasteiger charge is -2.38. The Labute approximate surface area is 230 Å². The topological polar surface area (TPSA) is 115 Å². The van der Waals surface area contributed by atoms with Gasteiger partial charge in [0, 0.05) is 37.7 Å². The van der Waals surface area contributed by atoms with E-state index >= 15 is 0 Å². The number of hydrogen-bond acceptors (Lipinski definition) is 7. The van der Waals surface area contributed by atoms with Gasteiger partial charge in [0.15, 0.2) is 5.69 Å². The second-order valence-corrected chi connectivity index (χ2v) is 13.0. The molecular formula is C25H33ClF3N5O4S. The number of carbonyl (C=O) groups excluding carboxylic acids is 1. The van der Waals surface area contributed by atoms with E-state index in [0.29, 0.717) is 62.2 Å². The van der Waals surface area contributed by atoms with E-state index < -0.39 is 33.9 Å². The molecule has 2 fully saturated rings. The van der Waals surface area contributed by atoms with Gasteiger partial charge in [0.25, 0.3) is 5.91 Å². The van der Waals surface area contributed by atoms with Gasteiger partial charge in [-0.05, 0) is 51.4 Å². The number of nitrogens with one attached hydrogen (secondary N) is 2. The van der Waals surface area contributed by atoms with Crippen LogP contribution in [0.2, 0.25) is 5.02 Å². The van der Waals surface area contributed by atoms with Crippen LogP contribution in [0.3, 0.4) is 0 Å². The number of anilines is 1. The van der Waals surface area contributed by atoms with Crippen molar-refractivity contribution < 1.29 is 31.1 Å². The zero-order valence-corrected chi connectivity index (χ0v) is 23.6. The van der Waals surface area contributed by atoms with Crippen molar-refractivity contribution in [3.8, 4) is 17.0 Å². The van der Waals surface area contributed by atoms with Gasteiger partial charge in [-0.1, -0.05) is 11.6 Å². The molecule has 2 N–H and O–H groups in total. The number of hydrogen-bond donors (Lipinski definition) is 2. The van der Waals surface area contributed by atoms with Gasteiger partial charge in [-0.15, -0.1) is 0 Å². The SMILES string of the molecule is CCn1nc(C(=O)NCC2CCC(S(C)(=O)=O)CC2)c(Cl)c1-c1cnc(NC2CCC2C(F)(F)F)cc1OC. The summed E-state index contributed by atoms with van der Waals surface area (Å²) in [6.45, 7) is 2.60. The highest BCUT2D eigenvalue weighted by atomic mass is 35.5. The minimum Gasteiger partial charge on any atom is -0.496 e. The van der Waals surface area contributed by atoms with Crippen LogP contribution in [-0.4, -0.2) is 66.5 Å². The van der Waals surface area contributed by atoms with Gasteiger partial charge >= 0.3 is 6.18 Å². The Morgan fingerprint density at radius 2 is 1.90 bits per heavy atom. The van der Waals surface area contributed by atoms with E-state index in [2.05, 4.69) is 20.7 Å². The van der Waals surface area contributed by atoms with Crippen LogP contribution in [0.1, 0.15) is 55.9 Å². The number of nitrogens with zero attached hydrogens (tertiary/aromatic N) is 3. The summed E-state index contributed by atoms with van der Waals surface area (Å²) in [4.78, 5) is 17.3. The Morgan fingerprint density at radius 1 is 1.21 bits per heavy atom. The lowest BCUT2D eigenvalue weighted by molar-refractivity contribution is -0.196. The van der Waals surface area contributed by atoms with Crippen molar-refractivity contribution in [3.05, 3.63) is 23.0 Å². The Morgan fingerprint density at radius 3 is 2.44 bits per heavy atom. The molecule has 4 rings (SSSR count). The van der Waals surface area contributed by atoms with E-state index in [1.165, 1.54) is 25.6 Å². The Kier molecular flexibility index (Phi) is 8.70. The molecule has 2 aliphatic rings. The van der Waals surface area contributed by atoms with Gasteiger partial charge in [-0.3, -0.25) is 9.48 Å². The van der Waals surface area contributed by atoms with Crippen molar-refractivity contribution in [2.75, 3.05) is 25.2 Å². The zero-order chi connectivity index (χ0) is 28.5. The van der Waals surface area contributed by atoms with Gasteiger partial charge < -0.3 is 15.4 Å². The average Bonchev–Trinajstić information content (AvgIpc) is 3.19. The molecule has 2 heterocycles. The monoisotopic (exact) mass is 591 g/mol. The Balaban J connectivity index is 1.48. The molecule has 0 aromatic carbocycles. The third-order valence-electron chi connectivity index (χ3n) is 7.73. The van der Waals surface area contributed by atoms with Gasteiger partial charge in [0.2, 0.25) is 0 Å². The van der Waals surface area contributed by atoms with Crippen LogP contribution in [0.4, 0.5) is 19.0 Å². The first kappa shape index (κ1) is 29.4. The minimum atomic E-state index is -4.27. The van der Waals surface area contributed by atoms with Crippen molar-refractivity contribution in [2.24, 2.45) is 11.8 Å². The van der Waals surface area contributed by atoms with Crippen LogP contribution < -0.4 is 15.4 Å². The summed E-state index contributed by atoms with van der Waals surface area (Å²) >= 11 is 6.65. The van der Waals surface area contributed by atoms with Crippen molar-refractivity contribution >= 4 is 33.2 Å². The fourth-order valence-corrected chi connectivity index (χ4v) is 6.72. The maximum atomic E-state index is 13.1. The number of sulfone groups is 1. The molecule has 2 unspecified atom stereocenters. The summed E-state index contributed by atoms with van der Waals surface area (Å²) < 4.78 is 70.0. The number of pyridine rings is 1. The molecule has 1 amide bonds. The molecule has 0 spiro atoms. The molecule has 2 atom stereocenters. The summed E-state index contributed by atoms with van der Waals surface area (Å²) in [6, 6.07) is 0.756. The summed E-state index contributed by atoms with van der Waals surface area (Å²) in [7, 11) is -1.64. The molecule has 2 saturated carbocycles. The number of ether oxygens (including phenoxy) is 1. The Bertz CT molecular complexity index is 1310. The lowest BCUT2D eigenvalue weighted by atomic mass is 9.79. The van der Waals surface area contributed by atoms with Crippen LogP contribution >= 0.6 is 11.6 Å². The summed E-state index contributed by atoms with van der Waals surface area (Å²) in [6.07, 6.45) is 1.45. The second kappa shape index (κ2) is 11.5. The first-order valence-corrected chi connectivity index (χ1v) is 15.3. The third kappa shape index (κ3) is 6.45. The van der Waals surface area contributed by atoms with Crippen molar-refractivity contribution in [2.45, 2.75) is 69.5 Å². The molecule has 0 radical (unpaired) electrons. The number of alkyl halides is 3. The standard InChI is InChI=1S/C25H33ClF3N5O4S/c1-4-34-23(16-13-30-20(11-19(16)38-2)32-18-10-9-17(18)25(27,28)29)21(26)22(33-34)24(35)31-12-14-5-7-15(8-6-14)39(3,36)37/h11,13-15,17-18H,4-10,12H2,1-3H3,(H,30,32)(H,31,35). The van der Waals surface area contributed by atoms with Crippen molar-refractivity contribution in [1.82, 2.24) is 20.1 Å². The first-order valence-electron chi connectivity index (χ1n) is 12.9. The van der Waals surface area contributed by atoms with Gasteiger partial charge in [0.1, 0.15) is 21.4 Å². The number of amides is 1. The maximum Gasteiger partial charge on any atom is 0.393 e. The van der Waals surface area contributed by atoms with E-state index in [-0.39, 0.29) is 34.1 Å². The maximum absolute atomic E-state index is 13.1. The lowest BCUT2D eigenvalue weighted by Crippen LogP contribution is -2.46. The molecule has 2 aromatic rings. The molecule has 216 valence electrons. The number of aromatic nitrogens is 3. The van der Waals surface area contributed by atoms with Crippen LogP contribution in [0, 0.1) is 11.8 Å². The molecular weight excluding hydrogens is 559 g/mol. The highest BCUT2D eigenvalue weighted by Crippen LogP contribution is 2.43. The van der Waals surface area contributed by atoms with E-state index in [9.17, 15) is 26.4 Å². The summed E-state index contributed by atoms with van der Waals surface area (Å²) in [5.41, 5.74) is 0.886. The minimum absolute atomic E-state index is 0.0325. The quantitative estimate of drug-likeness (QED) is 0.434. The van der Waals surface area contributed by atoms with Crippen LogP contribution in [0.5, 0.6) is 5.75 Å². The fourth-order valence-electron chi connectivity index (χ4n) is 5.27. The number of halogens is 4. The van der Waals surface area contributed by atoms with Gasteiger partial charge in [-0.25, -0.2) is 13.4 Å². The molecule has 0 bridgehead atoms. The molecule has 0 saturated heterocycles. The molecule has 0 aliphatic heterocycles. The average molecular weight is 592 g/mol. The predicted octanol–water partition coefficient (Wildman–Crippen LogP) is 4.71. The predicted molar refractivity (Wildman–Crippen MR) is 142 cm³/mol. The smallest absolute Gasteiger partial charge is 0.393 e. The van der Waals surface area contributed by atoms with E-state index in [4.69, 9.17) is 16.3 Å². The van der Waals surface area contributed by atoms with Crippen LogP contribution in [0.25, 0.3) is 11.3 Å². The molecule has 2 aromatic heterocycles. The number of rotatable bonds is 9. The molecule has 14 heteroatoms. The van der Waals surface area contributed by atoms with Crippen LogP contribution in [0.15, 0.2) is 12.3 Å². The number of carbonyl (C=O) groups is 1. The number of aryl methyl sites for hydroxylation is 1. The molecule has 2 aliphatic carbocycles. The zero-order valence-electron chi connectivity index (χ0n) is 22.0. The molecule has 9 nitrogen and oxygen atoms in total. The van der Waals surface area contributed by atoms with Crippen LogP contribution in [-0.2, 0) is 16.4 Å². The molecule has 39 heavy (non-hydrogen) atoms. The second-order valence-electron chi connectivity index (χ2n) is 10.3. The largest absolute Gasteiger partial charge is 0.496 e. The fraction of sp³-hybridized carbons (Fsp3) is 0.640. The van der Waals surface area contributed by atoms with E-state index in [0.717, 1.165) is 0 Å². The highest BCUT2D eigenvalue weighted by Gasteiger charge is 2.50. The first-order chi connectivity index (χ1) is 18.3. The van der Waals surface area contributed by atoms with E-state index in [1.807, 2.05) is 6.92 Å². The van der Waals surface area contributed by atoms with Gasteiger partial charge in [0.05, 0.1) is 34.6 Å². The van der Waals surface area contributed by atoms with Crippen molar-refractivity contribution in [1.29, 1.82) is 0 Å². The number of methoxy groups -OCH3 is 1. The van der Waals surface area contributed by atoms with Gasteiger partial charge in [-0.2, -0.15) is 18.3 Å². The normalized spacial score (nSPS) is 23.7. The third-order valence-corrected chi connectivity index (χ3v) is 9.77. The van der Waals surface area contributed by atoms with E-state index in [1.54, 1.807) is 4.68 Å². The van der Waals surface area contributed by atoms with Crippen molar-refractivity contribution in [3.63, 3.8) is 0 Å².